The number of hydrogen-bond acceptors (Lipinski definition) is 4. The minimum absolute atomic E-state index is 0.169. The molecule has 0 aromatic heterocycles. The Bertz CT molecular complexity index is 510. The topological polar surface area (TPSA) is 81.4 Å². The standard InChI is InChI=1S/C17H24N2O3/c1-22-15(20)14(13-8-4-2-5-9-13)12-19-16(21)17(18)10-6-3-7-11-17/h2,4-5,8-9,14H,3,6-7,10-12,18H2,1H3,(H,19,21). The van der Waals surface area contributed by atoms with Crippen LogP contribution in [0, 0.1) is 0 Å². The van der Waals surface area contributed by atoms with Gasteiger partial charge in [0.2, 0.25) is 5.91 Å². The highest BCUT2D eigenvalue weighted by molar-refractivity contribution is 5.87. The molecule has 0 radical (unpaired) electrons. The smallest absolute Gasteiger partial charge is 0.314 e. The molecule has 2 rings (SSSR count). The summed E-state index contributed by atoms with van der Waals surface area (Å²) < 4.78 is 4.85. The van der Waals surface area contributed by atoms with E-state index in [1.807, 2.05) is 30.3 Å². The molecule has 5 heteroatoms. The Morgan fingerprint density at radius 3 is 2.45 bits per heavy atom. The molecule has 0 saturated heterocycles. The summed E-state index contributed by atoms with van der Waals surface area (Å²) in [6.07, 6.45) is 4.48. The van der Waals surface area contributed by atoms with E-state index >= 15 is 0 Å². The lowest BCUT2D eigenvalue weighted by Crippen LogP contribution is -2.55. The van der Waals surface area contributed by atoms with Gasteiger partial charge < -0.3 is 15.8 Å². The molecule has 1 aromatic carbocycles. The molecule has 0 aliphatic heterocycles. The molecule has 0 spiro atoms. The van der Waals surface area contributed by atoms with Crippen LogP contribution in [0.3, 0.4) is 0 Å². The fourth-order valence-electron chi connectivity index (χ4n) is 2.95. The number of carbonyl (C=O) groups is 2. The first kappa shape index (κ1) is 16.5. The molecule has 0 heterocycles. The van der Waals surface area contributed by atoms with Crippen LogP contribution in [-0.4, -0.2) is 31.1 Å². The van der Waals surface area contributed by atoms with E-state index in [-0.39, 0.29) is 18.4 Å². The van der Waals surface area contributed by atoms with E-state index < -0.39 is 11.5 Å². The summed E-state index contributed by atoms with van der Waals surface area (Å²) in [4.78, 5) is 24.4. The molecule has 5 nitrogen and oxygen atoms in total. The number of methoxy groups -OCH3 is 1. The van der Waals surface area contributed by atoms with Crippen LogP contribution in [0.2, 0.25) is 0 Å². The van der Waals surface area contributed by atoms with Gasteiger partial charge in [-0.1, -0.05) is 49.6 Å². The molecule has 22 heavy (non-hydrogen) atoms. The lowest BCUT2D eigenvalue weighted by Gasteiger charge is -2.32. The second kappa shape index (κ2) is 7.40. The van der Waals surface area contributed by atoms with Gasteiger partial charge in [-0.2, -0.15) is 0 Å². The van der Waals surface area contributed by atoms with Crippen molar-refractivity contribution in [2.24, 2.45) is 5.73 Å². The van der Waals surface area contributed by atoms with Crippen LogP contribution >= 0.6 is 0 Å². The highest BCUT2D eigenvalue weighted by atomic mass is 16.5. The lowest BCUT2D eigenvalue weighted by molar-refractivity contribution is -0.142. The van der Waals surface area contributed by atoms with Crippen LogP contribution in [-0.2, 0) is 14.3 Å². The van der Waals surface area contributed by atoms with Gasteiger partial charge in [0, 0.05) is 6.54 Å². The first-order valence-electron chi connectivity index (χ1n) is 7.77. The van der Waals surface area contributed by atoms with E-state index in [0.717, 1.165) is 24.8 Å². The molecule has 1 amide bonds. The molecule has 1 aromatic rings. The minimum atomic E-state index is -0.796. The number of rotatable bonds is 5. The average Bonchev–Trinajstić information content (AvgIpc) is 2.56. The Labute approximate surface area is 131 Å². The predicted octanol–water partition coefficient (Wildman–Crippen LogP) is 1.72. The second-order valence-corrected chi connectivity index (χ2v) is 5.91. The van der Waals surface area contributed by atoms with Gasteiger partial charge in [-0.3, -0.25) is 9.59 Å². The van der Waals surface area contributed by atoms with Crippen molar-refractivity contribution in [1.82, 2.24) is 5.32 Å². The van der Waals surface area contributed by atoms with Crippen LogP contribution in [0.4, 0.5) is 0 Å². The van der Waals surface area contributed by atoms with Gasteiger partial charge in [-0.25, -0.2) is 0 Å². The molecule has 1 saturated carbocycles. The molecular weight excluding hydrogens is 280 g/mol. The molecule has 1 aliphatic rings. The zero-order valence-electron chi connectivity index (χ0n) is 13.0. The molecule has 1 fully saturated rings. The number of nitrogens with two attached hydrogens (primary N) is 1. The van der Waals surface area contributed by atoms with Gasteiger partial charge >= 0.3 is 5.97 Å². The number of esters is 1. The number of nitrogens with one attached hydrogen (secondary N) is 1. The Kier molecular flexibility index (Phi) is 5.55. The van der Waals surface area contributed by atoms with Gasteiger partial charge in [0.25, 0.3) is 0 Å². The first-order valence-corrected chi connectivity index (χ1v) is 7.77. The SMILES string of the molecule is COC(=O)C(CNC(=O)C1(N)CCCCC1)c1ccccc1. The van der Waals surface area contributed by atoms with Crippen molar-refractivity contribution in [3.05, 3.63) is 35.9 Å². The Morgan fingerprint density at radius 1 is 1.23 bits per heavy atom. The summed E-state index contributed by atoms with van der Waals surface area (Å²) in [7, 11) is 1.35. The van der Waals surface area contributed by atoms with Crippen molar-refractivity contribution in [3.8, 4) is 0 Å². The molecule has 3 N–H and O–H groups in total. The largest absolute Gasteiger partial charge is 0.468 e. The van der Waals surface area contributed by atoms with Crippen molar-refractivity contribution in [2.75, 3.05) is 13.7 Å². The Hall–Kier alpha value is -1.88. The van der Waals surface area contributed by atoms with Crippen molar-refractivity contribution in [3.63, 3.8) is 0 Å². The highest BCUT2D eigenvalue weighted by Gasteiger charge is 2.35. The van der Waals surface area contributed by atoms with E-state index in [1.165, 1.54) is 7.11 Å². The number of amides is 1. The van der Waals surface area contributed by atoms with Gasteiger partial charge in [0.1, 0.15) is 0 Å². The predicted molar refractivity (Wildman–Crippen MR) is 84.2 cm³/mol. The minimum Gasteiger partial charge on any atom is -0.468 e. The van der Waals surface area contributed by atoms with Crippen molar-refractivity contribution in [2.45, 2.75) is 43.6 Å². The highest BCUT2D eigenvalue weighted by Crippen LogP contribution is 2.26. The van der Waals surface area contributed by atoms with E-state index in [1.54, 1.807) is 0 Å². The van der Waals surface area contributed by atoms with Crippen molar-refractivity contribution in [1.29, 1.82) is 0 Å². The number of ether oxygens (including phenoxy) is 1. The monoisotopic (exact) mass is 304 g/mol. The summed E-state index contributed by atoms with van der Waals surface area (Å²) in [5.74, 6) is -1.04. The summed E-state index contributed by atoms with van der Waals surface area (Å²) in [5, 5.41) is 2.84. The third kappa shape index (κ3) is 3.85. The average molecular weight is 304 g/mol. The normalized spacial score (nSPS) is 18.3. The summed E-state index contributed by atoms with van der Waals surface area (Å²) in [6, 6.07) is 9.31. The fourth-order valence-corrected chi connectivity index (χ4v) is 2.95. The number of hydrogen-bond donors (Lipinski definition) is 2. The third-order valence-electron chi connectivity index (χ3n) is 4.35. The summed E-state index contributed by atoms with van der Waals surface area (Å²) in [6.45, 7) is 0.203. The van der Waals surface area contributed by atoms with Gasteiger partial charge in [0.05, 0.1) is 18.6 Å². The molecule has 1 unspecified atom stereocenters. The molecule has 1 aliphatic carbocycles. The maximum absolute atomic E-state index is 12.4. The number of carbonyl (C=O) groups excluding carboxylic acids is 2. The fraction of sp³-hybridized carbons (Fsp3) is 0.529. The summed E-state index contributed by atoms with van der Waals surface area (Å²) >= 11 is 0. The van der Waals surface area contributed by atoms with Crippen LogP contribution in [0.1, 0.15) is 43.6 Å². The first-order chi connectivity index (χ1) is 10.6. The van der Waals surface area contributed by atoms with Crippen molar-refractivity contribution < 1.29 is 14.3 Å². The summed E-state index contributed by atoms with van der Waals surface area (Å²) in [5.41, 5.74) is 6.24. The zero-order valence-corrected chi connectivity index (χ0v) is 13.0. The van der Waals surface area contributed by atoms with Crippen LogP contribution < -0.4 is 11.1 Å². The second-order valence-electron chi connectivity index (χ2n) is 5.91. The van der Waals surface area contributed by atoms with Crippen LogP contribution in [0.25, 0.3) is 0 Å². The molecular formula is C17H24N2O3. The van der Waals surface area contributed by atoms with Crippen LogP contribution in [0.15, 0.2) is 30.3 Å². The number of benzene rings is 1. The maximum Gasteiger partial charge on any atom is 0.314 e. The quantitative estimate of drug-likeness (QED) is 0.812. The zero-order chi connectivity index (χ0) is 16.0. The maximum atomic E-state index is 12.4. The molecule has 0 bridgehead atoms. The lowest BCUT2D eigenvalue weighted by atomic mass is 9.82. The van der Waals surface area contributed by atoms with E-state index in [2.05, 4.69) is 5.32 Å². The van der Waals surface area contributed by atoms with Gasteiger partial charge in [-0.05, 0) is 18.4 Å². The van der Waals surface area contributed by atoms with E-state index in [9.17, 15) is 9.59 Å². The van der Waals surface area contributed by atoms with Crippen molar-refractivity contribution >= 4 is 11.9 Å². The van der Waals surface area contributed by atoms with Gasteiger partial charge in [0.15, 0.2) is 0 Å². The van der Waals surface area contributed by atoms with Gasteiger partial charge in [-0.15, -0.1) is 0 Å². The van der Waals surface area contributed by atoms with E-state index in [0.29, 0.717) is 12.8 Å². The van der Waals surface area contributed by atoms with Crippen LogP contribution in [0.5, 0.6) is 0 Å². The Morgan fingerprint density at radius 2 is 1.86 bits per heavy atom. The third-order valence-corrected chi connectivity index (χ3v) is 4.35. The molecule has 1 atom stereocenters. The van der Waals surface area contributed by atoms with E-state index in [4.69, 9.17) is 10.5 Å². The Balaban J connectivity index is 2.02. The molecule has 120 valence electrons.